The molecule has 0 heterocycles. The minimum absolute atomic E-state index is 0.138. The second-order valence-electron chi connectivity index (χ2n) is 6.05. The van der Waals surface area contributed by atoms with Gasteiger partial charge in [-0.1, -0.05) is 19.3 Å². The van der Waals surface area contributed by atoms with Gasteiger partial charge >= 0.3 is 0 Å². The van der Waals surface area contributed by atoms with Gasteiger partial charge in [-0.2, -0.15) is 0 Å². The molecule has 110 valence electrons. The largest absolute Gasteiger partial charge is 0.378 e. The van der Waals surface area contributed by atoms with Crippen LogP contribution in [0.2, 0.25) is 0 Å². The predicted octanol–water partition coefficient (Wildman–Crippen LogP) is 1.97. The number of hydrogen-bond donors (Lipinski definition) is 2. The number of hydrogen-bond acceptors (Lipinski definition) is 3. The monoisotopic (exact) mass is 268 g/mol. The van der Waals surface area contributed by atoms with Gasteiger partial charge in [-0.25, -0.2) is 0 Å². The maximum atomic E-state index is 12.0. The van der Waals surface area contributed by atoms with E-state index in [4.69, 9.17) is 10.5 Å². The summed E-state index contributed by atoms with van der Waals surface area (Å²) < 4.78 is 5.78. The Morgan fingerprint density at radius 3 is 2.68 bits per heavy atom. The van der Waals surface area contributed by atoms with Crippen LogP contribution in [-0.4, -0.2) is 31.2 Å². The Hall–Kier alpha value is -0.610. The highest BCUT2D eigenvalue weighted by Gasteiger charge is 2.24. The maximum absolute atomic E-state index is 12.0. The highest BCUT2D eigenvalue weighted by atomic mass is 16.5. The Kier molecular flexibility index (Phi) is 6.11. The highest BCUT2D eigenvalue weighted by Crippen LogP contribution is 2.23. The van der Waals surface area contributed by atoms with E-state index in [1.54, 1.807) is 0 Å². The lowest BCUT2D eigenvalue weighted by atomic mass is 9.85. The number of rotatable bonds is 6. The summed E-state index contributed by atoms with van der Waals surface area (Å²) in [5.74, 6) is 0.329. The van der Waals surface area contributed by atoms with Gasteiger partial charge in [0, 0.05) is 25.1 Å². The Morgan fingerprint density at radius 2 is 1.95 bits per heavy atom. The summed E-state index contributed by atoms with van der Waals surface area (Å²) in [5.41, 5.74) is 5.91. The number of amides is 1. The summed E-state index contributed by atoms with van der Waals surface area (Å²) in [6, 6.07) is 0.218. The molecule has 0 aromatic rings. The third-order valence-corrected chi connectivity index (χ3v) is 4.36. The molecule has 0 aliphatic heterocycles. The molecule has 2 aliphatic rings. The quantitative estimate of drug-likeness (QED) is 0.724. The molecule has 0 aromatic heterocycles. The summed E-state index contributed by atoms with van der Waals surface area (Å²) in [6.45, 7) is 1.51. The summed E-state index contributed by atoms with van der Waals surface area (Å²) in [4.78, 5) is 12.0. The van der Waals surface area contributed by atoms with Gasteiger partial charge in [0.25, 0.3) is 0 Å². The minimum Gasteiger partial charge on any atom is -0.378 e. The molecule has 2 saturated carbocycles. The van der Waals surface area contributed by atoms with Crippen molar-refractivity contribution in [3.05, 3.63) is 0 Å². The Bertz CT molecular complexity index is 277. The third-order valence-electron chi connectivity index (χ3n) is 4.36. The smallest absolute Gasteiger partial charge is 0.223 e. The van der Waals surface area contributed by atoms with E-state index in [0.717, 1.165) is 45.3 Å². The van der Waals surface area contributed by atoms with Gasteiger partial charge in [0.05, 0.1) is 6.10 Å². The van der Waals surface area contributed by atoms with Crippen LogP contribution in [0.3, 0.4) is 0 Å². The topological polar surface area (TPSA) is 64.4 Å². The first-order valence-corrected chi connectivity index (χ1v) is 7.90. The van der Waals surface area contributed by atoms with Crippen molar-refractivity contribution in [3.8, 4) is 0 Å². The average molecular weight is 268 g/mol. The zero-order valence-corrected chi connectivity index (χ0v) is 11.9. The maximum Gasteiger partial charge on any atom is 0.223 e. The van der Waals surface area contributed by atoms with Crippen LogP contribution in [0.1, 0.15) is 57.8 Å². The molecule has 2 rings (SSSR count). The van der Waals surface area contributed by atoms with Gasteiger partial charge in [-0.3, -0.25) is 4.79 Å². The molecule has 0 aromatic carbocycles. The first kappa shape index (κ1) is 14.8. The van der Waals surface area contributed by atoms with Gasteiger partial charge in [0.1, 0.15) is 0 Å². The predicted molar refractivity (Wildman–Crippen MR) is 75.8 cm³/mol. The number of nitrogens with two attached hydrogens (primary N) is 1. The molecule has 0 radical (unpaired) electrons. The number of ether oxygens (including phenoxy) is 1. The molecule has 0 unspecified atom stereocenters. The molecule has 4 heteroatoms. The zero-order chi connectivity index (χ0) is 13.5. The molecule has 0 bridgehead atoms. The molecule has 2 fully saturated rings. The summed E-state index contributed by atoms with van der Waals surface area (Å²) in [7, 11) is 0. The Labute approximate surface area is 116 Å². The van der Waals surface area contributed by atoms with Crippen LogP contribution >= 0.6 is 0 Å². The molecule has 0 saturated heterocycles. The van der Waals surface area contributed by atoms with Crippen LogP contribution in [0.5, 0.6) is 0 Å². The van der Waals surface area contributed by atoms with Gasteiger partial charge in [0.15, 0.2) is 0 Å². The molecule has 19 heavy (non-hydrogen) atoms. The lowest BCUT2D eigenvalue weighted by molar-refractivity contribution is -0.126. The number of nitrogens with one attached hydrogen (secondary N) is 1. The van der Waals surface area contributed by atoms with Crippen molar-refractivity contribution in [2.45, 2.75) is 69.9 Å². The molecule has 4 nitrogen and oxygen atoms in total. The zero-order valence-electron chi connectivity index (χ0n) is 11.9. The van der Waals surface area contributed by atoms with E-state index >= 15 is 0 Å². The van der Waals surface area contributed by atoms with Crippen LogP contribution in [-0.2, 0) is 9.53 Å². The summed E-state index contributed by atoms with van der Waals surface area (Å²) in [5, 5.41) is 3.02. The van der Waals surface area contributed by atoms with E-state index in [1.165, 1.54) is 25.7 Å². The molecule has 3 N–H and O–H groups in total. The normalized spacial score (nSPS) is 28.5. The van der Waals surface area contributed by atoms with Gasteiger partial charge < -0.3 is 15.8 Å². The lowest BCUT2D eigenvalue weighted by Crippen LogP contribution is -2.38. The fraction of sp³-hybridized carbons (Fsp3) is 0.933. The van der Waals surface area contributed by atoms with Crippen LogP contribution < -0.4 is 11.1 Å². The van der Waals surface area contributed by atoms with Crippen LogP contribution in [0.4, 0.5) is 0 Å². The van der Waals surface area contributed by atoms with E-state index in [-0.39, 0.29) is 17.9 Å². The summed E-state index contributed by atoms with van der Waals surface area (Å²) in [6.07, 6.45) is 10.4. The first-order valence-electron chi connectivity index (χ1n) is 7.90. The average Bonchev–Trinajstić information content (AvgIpc) is 2.91. The fourth-order valence-corrected chi connectivity index (χ4v) is 3.20. The molecule has 2 atom stereocenters. The van der Waals surface area contributed by atoms with Crippen LogP contribution in [0.25, 0.3) is 0 Å². The Morgan fingerprint density at radius 1 is 1.16 bits per heavy atom. The molecule has 2 aliphatic carbocycles. The number of carbonyl (C=O) groups excluding carboxylic acids is 1. The van der Waals surface area contributed by atoms with E-state index < -0.39 is 0 Å². The van der Waals surface area contributed by atoms with E-state index in [2.05, 4.69) is 5.32 Å². The van der Waals surface area contributed by atoms with E-state index in [0.29, 0.717) is 6.10 Å². The highest BCUT2D eigenvalue weighted by molar-refractivity contribution is 5.78. The van der Waals surface area contributed by atoms with Crippen molar-refractivity contribution < 1.29 is 9.53 Å². The fourth-order valence-electron chi connectivity index (χ4n) is 3.20. The second kappa shape index (κ2) is 7.85. The van der Waals surface area contributed by atoms with Gasteiger partial charge in [0.2, 0.25) is 5.91 Å². The van der Waals surface area contributed by atoms with Crippen molar-refractivity contribution in [2.75, 3.05) is 13.2 Å². The minimum atomic E-state index is 0.138. The van der Waals surface area contributed by atoms with Crippen LogP contribution in [0, 0.1) is 5.92 Å². The van der Waals surface area contributed by atoms with Gasteiger partial charge in [-0.05, 0) is 38.5 Å². The van der Waals surface area contributed by atoms with Crippen molar-refractivity contribution >= 4 is 5.91 Å². The first-order chi connectivity index (χ1) is 9.25. The standard InChI is InChI=1S/C15H28N2O2/c16-13-6-3-5-12(11-13)15(18)17-9-4-10-19-14-7-1-2-8-14/h12-14H,1-11,16H2,(H,17,18)/t12-,13+/m1/s1. The lowest BCUT2D eigenvalue weighted by Gasteiger charge is -2.25. The molecule has 0 spiro atoms. The Balaban J connectivity index is 1.51. The third kappa shape index (κ3) is 5.11. The van der Waals surface area contributed by atoms with Crippen LogP contribution in [0.15, 0.2) is 0 Å². The molecule has 1 amide bonds. The van der Waals surface area contributed by atoms with Gasteiger partial charge in [-0.15, -0.1) is 0 Å². The number of carbonyl (C=O) groups is 1. The van der Waals surface area contributed by atoms with E-state index in [9.17, 15) is 4.79 Å². The van der Waals surface area contributed by atoms with Crippen molar-refractivity contribution in [1.82, 2.24) is 5.32 Å². The summed E-state index contributed by atoms with van der Waals surface area (Å²) >= 11 is 0. The van der Waals surface area contributed by atoms with Crippen molar-refractivity contribution in [1.29, 1.82) is 0 Å². The molecular formula is C15H28N2O2. The SMILES string of the molecule is N[C@H]1CCC[C@@H](C(=O)NCCCOC2CCCC2)C1. The second-order valence-corrected chi connectivity index (χ2v) is 6.05. The van der Waals surface area contributed by atoms with E-state index in [1.807, 2.05) is 0 Å². The van der Waals surface area contributed by atoms with Crippen molar-refractivity contribution in [2.24, 2.45) is 11.7 Å². The molecular weight excluding hydrogens is 240 g/mol. The van der Waals surface area contributed by atoms with Crippen molar-refractivity contribution in [3.63, 3.8) is 0 Å².